The largest absolute Gasteiger partial charge is 0.243 e. The van der Waals surface area contributed by atoms with Gasteiger partial charge in [-0.2, -0.15) is 0 Å². The first-order valence-electron chi connectivity index (χ1n) is 5.10. The minimum atomic E-state index is -3.78. The van der Waals surface area contributed by atoms with Crippen LogP contribution in [0, 0.1) is 5.92 Å². The quantitative estimate of drug-likeness (QED) is 0.487. The molecule has 0 aromatic heterocycles. The molecule has 0 aliphatic heterocycles. The van der Waals surface area contributed by atoms with E-state index in [1.807, 2.05) is 13.8 Å². The molecule has 0 saturated heterocycles. The molecule has 0 radical (unpaired) electrons. The maximum atomic E-state index is 12.2. The first-order chi connectivity index (χ1) is 8.59. The molecule has 0 saturated carbocycles. The van der Waals surface area contributed by atoms with E-state index in [2.05, 4.69) is 36.6 Å². The monoisotopic (exact) mass is 471 g/mol. The molecule has 0 amide bonds. The molecule has 19 heavy (non-hydrogen) atoms. The molecule has 0 fully saturated rings. The predicted octanol–water partition coefficient (Wildman–Crippen LogP) is 5.11. The van der Waals surface area contributed by atoms with Gasteiger partial charge in [-0.1, -0.05) is 48.7 Å². The third kappa shape index (κ3) is 3.99. The highest BCUT2D eigenvalue weighted by Gasteiger charge is 2.27. The van der Waals surface area contributed by atoms with E-state index in [9.17, 15) is 8.42 Å². The summed E-state index contributed by atoms with van der Waals surface area (Å²) >= 11 is 24.2. The molecule has 0 unspecified atom stereocenters. The Bertz CT molecular complexity index is 576. The second-order valence-corrected chi connectivity index (χ2v) is 8.57. The van der Waals surface area contributed by atoms with Crippen LogP contribution in [0.3, 0.4) is 0 Å². The Labute approximate surface area is 144 Å². The van der Waals surface area contributed by atoms with Crippen molar-refractivity contribution in [1.82, 2.24) is 4.72 Å². The smallest absolute Gasteiger partial charge is 0.211 e. The van der Waals surface area contributed by atoms with E-state index in [4.69, 9.17) is 34.8 Å². The molecule has 108 valence electrons. The Morgan fingerprint density at radius 1 is 1.05 bits per heavy atom. The SMILES string of the molecule is CC(C)CNS(=O)(=O)c1c(Cl)c(Cl)c(Cl)c(Br)c1Br. The molecular formula is C10H10Br2Cl3NO2S. The minimum Gasteiger partial charge on any atom is -0.211 e. The van der Waals surface area contributed by atoms with Crippen LogP contribution in [0.4, 0.5) is 0 Å². The van der Waals surface area contributed by atoms with Crippen LogP contribution in [0.15, 0.2) is 13.8 Å². The summed E-state index contributed by atoms with van der Waals surface area (Å²) in [5.74, 6) is 0.165. The maximum absolute atomic E-state index is 12.2. The number of benzene rings is 1. The van der Waals surface area contributed by atoms with Crippen molar-refractivity contribution in [3.8, 4) is 0 Å². The van der Waals surface area contributed by atoms with Gasteiger partial charge in [0.2, 0.25) is 10.0 Å². The summed E-state index contributed by atoms with van der Waals surface area (Å²) < 4.78 is 27.5. The van der Waals surface area contributed by atoms with E-state index < -0.39 is 10.0 Å². The summed E-state index contributed by atoms with van der Waals surface area (Å²) in [4.78, 5) is -0.129. The molecule has 3 nitrogen and oxygen atoms in total. The average molecular weight is 474 g/mol. The van der Waals surface area contributed by atoms with Gasteiger partial charge >= 0.3 is 0 Å². The van der Waals surface area contributed by atoms with Crippen LogP contribution in [-0.4, -0.2) is 15.0 Å². The summed E-state index contributed by atoms with van der Waals surface area (Å²) in [6.45, 7) is 4.08. The lowest BCUT2D eigenvalue weighted by atomic mass is 10.2. The number of hydrogen-bond acceptors (Lipinski definition) is 2. The van der Waals surface area contributed by atoms with Gasteiger partial charge in [-0.25, -0.2) is 13.1 Å². The number of halogens is 5. The van der Waals surface area contributed by atoms with Crippen LogP contribution < -0.4 is 4.72 Å². The van der Waals surface area contributed by atoms with Crippen molar-refractivity contribution in [1.29, 1.82) is 0 Å². The van der Waals surface area contributed by atoms with E-state index >= 15 is 0 Å². The van der Waals surface area contributed by atoms with Crippen molar-refractivity contribution in [2.24, 2.45) is 5.92 Å². The summed E-state index contributed by atoms with van der Waals surface area (Å²) in [6, 6.07) is 0. The molecule has 1 aromatic rings. The molecular weight excluding hydrogens is 464 g/mol. The first kappa shape index (κ1) is 18.0. The fraction of sp³-hybridized carbons (Fsp3) is 0.400. The second-order valence-electron chi connectivity index (χ2n) is 4.14. The standard InChI is InChI=1S/C10H10Br2Cl3NO2S/c1-4(2)3-16-19(17,18)10-6(12)5(11)7(13)8(14)9(10)15/h4,16H,3H2,1-2H3. The Morgan fingerprint density at radius 2 is 1.58 bits per heavy atom. The minimum absolute atomic E-state index is 0.0108. The molecule has 1 aromatic carbocycles. The Kier molecular flexibility index (Phi) is 6.46. The van der Waals surface area contributed by atoms with Crippen LogP contribution in [0.2, 0.25) is 15.1 Å². The number of nitrogens with one attached hydrogen (secondary N) is 1. The lowest BCUT2D eigenvalue weighted by Gasteiger charge is -2.14. The number of rotatable bonds is 4. The third-order valence-corrected chi connectivity index (χ3v) is 7.66. The lowest BCUT2D eigenvalue weighted by Crippen LogP contribution is -2.28. The molecule has 1 rings (SSSR count). The zero-order valence-electron chi connectivity index (χ0n) is 9.90. The highest BCUT2D eigenvalue weighted by atomic mass is 79.9. The van der Waals surface area contributed by atoms with Crippen molar-refractivity contribution in [2.75, 3.05) is 6.54 Å². The van der Waals surface area contributed by atoms with Crippen LogP contribution in [0.25, 0.3) is 0 Å². The van der Waals surface area contributed by atoms with Crippen LogP contribution in [-0.2, 0) is 10.0 Å². The summed E-state index contributed by atoms with van der Waals surface area (Å²) in [5.41, 5.74) is 0. The van der Waals surface area contributed by atoms with Crippen molar-refractivity contribution < 1.29 is 8.42 Å². The zero-order valence-corrected chi connectivity index (χ0v) is 16.2. The fourth-order valence-corrected chi connectivity index (χ4v) is 5.42. The van der Waals surface area contributed by atoms with Gasteiger partial charge in [-0.3, -0.25) is 0 Å². The van der Waals surface area contributed by atoms with E-state index in [-0.39, 0.29) is 30.4 Å². The second kappa shape index (κ2) is 6.81. The van der Waals surface area contributed by atoms with Crippen LogP contribution in [0.5, 0.6) is 0 Å². The Hall–Kier alpha value is 0.960. The van der Waals surface area contributed by atoms with E-state index in [0.717, 1.165) is 0 Å². The van der Waals surface area contributed by atoms with Gasteiger partial charge in [-0.05, 0) is 37.8 Å². The van der Waals surface area contributed by atoms with Gasteiger partial charge in [-0.15, -0.1) is 0 Å². The molecule has 0 bridgehead atoms. The fourth-order valence-electron chi connectivity index (χ4n) is 1.17. The van der Waals surface area contributed by atoms with Crippen LogP contribution >= 0.6 is 66.7 Å². The third-order valence-electron chi connectivity index (χ3n) is 2.12. The molecule has 0 spiro atoms. The van der Waals surface area contributed by atoms with Crippen molar-refractivity contribution in [3.63, 3.8) is 0 Å². The van der Waals surface area contributed by atoms with Crippen molar-refractivity contribution in [2.45, 2.75) is 18.7 Å². The highest BCUT2D eigenvalue weighted by Crippen LogP contribution is 2.45. The normalized spacial score (nSPS) is 12.2. The van der Waals surface area contributed by atoms with E-state index in [1.54, 1.807) is 0 Å². The molecule has 0 aliphatic carbocycles. The molecule has 0 aliphatic rings. The average Bonchev–Trinajstić information content (AvgIpc) is 2.31. The van der Waals surface area contributed by atoms with Gasteiger partial charge in [0.05, 0.1) is 24.0 Å². The summed E-state index contributed by atoms with van der Waals surface area (Å²) in [7, 11) is -3.78. The lowest BCUT2D eigenvalue weighted by molar-refractivity contribution is 0.559. The van der Waals surface area contributed by atoms with Crippen LogP contribution in [0.1, 0.15) is 13.8 Å². The van der Waals surface area contributed by atoms with Crippen molar-refractivity contribution >= 4 is 76.7 Å². The van der Waals surface area contributed by atoms with Crippen molar-refractivity contribution in [3.05, 3.63) is 24.0 Å². The highest BCUT2D eigenvalue weighted by molar-refractivity contribution is 9.13. The summed E-state index contributed by atoms with van der Waals surface area (Å²) in [5, 5.41) is 0.0303. The number of sulfonamides is 1. The van der Waals surface area contributed by atoms with Gasteiger partial charge in [0.25, 0.3) is 0 Å². The van der Waals surface area contributed by atoms with Gasteiger partial charge < -0.3 is 0 Å². The van der Waals surface area contributed by atoms with Gasteiger partial charge in [0.1, 0.15) is 4.90 Å². The summed E-state index contributed by atoms with van der Waals surface area (Å²) in [6.07, 6.45) is 0. The van der Waals surface area contributed by atoms with Gasteiger partial charge in [0, 0.05) is 6.54 Å². The maximum Gasteiger partial charge on any atom is 0.243 e. The number of hydrogen-bond donors (Lipinski definition) is 1. The molecule has 0 heterocycles. The topological polar surface area (TPSA) is 46.2 Å². The Balaban J connectivity index is 3.43. The zero-order chi connectivity index (χ0) is 15.0. The molecule has 1 N–H and O–H groups in total. The Morgan fingerprint density at radius 3 is 2.05 bits per heavy atom. The van der Waals surface area contributed by atoms with Gasteiger partial charge in [0.15, 0.2) is 0 Å². The van der Waals surface area contributed by atoms with E-state index in [0.29, 0.717) is 11.0 Å². The van der Waals surface area contributed by atoms with E-state index in [1.165, 1.54) is 0 Å². The first-order valence-corrected chi connectivity index (χ1v) is 9.31. The predicted molar refractivity (Wildman–Crippen MR) is 86.9 cm³/mol. The molecule has 9 heteroatoms. The molecule has 0 atom stereocenters.